The van der Waals surface area contributed by atoms with Crippen molar-refractivity contribution >= 4 is 0 Å². The summed E-state index contributed by atoms with van der Waals surface area (Å²) >= 11 is 0. The van der Waals surface area contributed by atoms with Gasteiger partial charge in [0, 0.05) is 17.6 Å². The standard InChI is InChI=1S/C15H23NO2/c1-2-14(13-5-3-4-6-15(13)18)16-11-7-9-12(17)10-8-11/h3-6,11-12,14,16-18H,2,7-10H2,1H3/t11?,12?,14-/m1/s1. The first kappa shape index (κ1) is 13.4. The molecule has 1 saturated carbocycles. The second kappa shape index (κ2) is 6.21. The van der Waals surface area contributed by atoms with Gasteiger partial charge in [0.25, 0.3) is 0 Å². The number of hydrogen-bond donors (Lipinski definition) is 3. The number of para-hydroxylation sites is 1. The fraction of sp³-hybridized carbons (Fsp3) is 0.600. The summed E-state index contributed by atoms with van der Waals surface area (Å²) in [4.78, 5) is 0. The van der Waals surface area contributed by atoms with Gasteiger partial charge >= 0.3 is 0 Å². The average molecular weight is 249 g/mol. The highest BCUT2D eigenvalue weighted by molar-refractivity contribution is 5.34. The van der Waals surface area contributed by atoms with E-state index in [2.05, 4.69) is 12.2 Å². The molecule has 18 heavy (non-hydrogen) atoms. The third kappa shape index (κ3) is 3.24. The molecule has 0 aliphatic heterocycles. The van der Waals surface area contributed by atoms with Gasteiger partial charge in [-0.25, -0.2) is 0 Å². The molecule has 1 fully saturated rings. The number of aliphatic hydroxyl groups excluding tert-OH is 1. The van der Waals surface area contributed by atoms with Crippen LogP contribution in [0.15, 0.2) is 24.3 Å². The van der Waals surface area contributed by atoms with E-state index in [1.54, 1.807) is 6.07 Å². The van der Waals surface area contributed by atoms with Gasteiger partial charge in [-0.3, -0.25) is 0 Å². The minimum absolute atomic E-state index is 0.117. The van der Waals surface area contributed by atoms with Crippen LogP contribution >= 0.6 is 0 Å². The van der Waals surface area contributed by atoms with E-state index in [4.69, 9.17) is 0 Å². The maximum atomic E-state index is 9.90. The van der Waals surface area contributed by atoms with Crippen molar-refractivity contribution in [3.63, 3.8) is 0 Å². The molecule has 1 atom stereocenters. The quantitative estimate of drug-likeness (QED) is 0.769. The largest absolute Gasteiger partial charge is 0.508 e. The third-order valence-corrected chi connectivity index (χ3v) is 3.85. The molecule has 0 aromatic heterocycles. The van der Waals surface area contributed by atoms with Crippen LogP contribution in [0, 0.1) is 0 Å². The molecule has 3 nitrogen and oxygen atoms in total. The Kier molecular flexibility index (Phi) is 4.61. The van der Waals surface area contributed by atoms with Gasteiger partial charge in [0.2, 0.25) is 0 Å². The van der Waals surface area contributed by atoms with E-state index in [1.165, 1.54) is 0 Å². The van der Waals surface area contributed by atoms with Crippen molar-refractivity contribution in [2.45, 2.75) is 57.2 Å². The lowest BCUT2D eigenvalue weighted by atomic mass is 9.91. The Hall–Kier alpha value is -1.06. The van der Waals surface area contributed by atoms with Crippen LogP contribution in [0.25, 0.3) is 0 Å². The summed E-state index contributed by atoms with van der Waals surface area (Å²) in [7, 11) is 0. The van der Waals surface area contributed by atoms with E-state index in [0.717, 1.165) is 37.7 Å². The second-order valence-corrected chi connectivity index (χ2v) is 5.19. The monoisotopic (exact) mass is 249 g/mol. The maximum absolute atomic E-state index is 9.90. The summed E-state index contributed by atoms with van der Waals surface area (Å²) in [5, 5.41) is 23.0. The molecule has 100 valence electrons. The van der Waals surface area contributed by atoms with Gasteiger partial charge < -0.3 is 15.5 Å². The van der Waals surface area contributed by atoms with E-state index in [0.29, 0.717) is 11.8 Å². The van der Waals surface area contributed by atoms with Crippen molar-refractivity contribution in [2.75, 3.05) is 0 Å². The molecule has 1 aromatic rings. The number of rotatable bonds is 4. The molecule has 0 bridgehead atoms. The van der Waals surface area contributed by atoms with Crippen LogP contribution in [0.2, 0.25) is 0 Å². The molecule has 0 radical (unpaired) electrons. The van der Waals surface area contributed by atoms with Gasteiger partial charge in [-0.2, -0.15) is 0 Å². The Morgan fingerprint density at radius 3 is 2.50 bits per heavy atom. The minimum Gasteiger partial charge on any atom is -0.508 e. The fourth-order valence-electron chi connectivity index (χ4n) is 2.74. The van der Waals surface area contributed by atoms with E-state index in [1.807, 2.05) is 18.2 Å². The first-order valence-corrected chi connectivity index (χ1v) is 6.92. The Morgan fingerprint density at radius 1 is 1.22 bits per heavy atom. The molecule has 0 amide bonds. The van der Waals surface area contributed by atoms with Crippen LogP contribution in [-0.2, 0) is 0 Å². The van der Waals surface area contributed by atoms with Gasteiger partial charge in [-0.1, -0.05) is 25.1 Å². The number of aromatic hydroxyl groups is 1. The van der Waals surface area contributed by atoms with Gasteiger partial charge in [0.05, 0.1) is 6.10 Å². The molecule has 3 heteroatoms. The van der Waals surface area contributed by atoms with Gasteiger partial charge in [-0.15, -0.1) is 0 Å². The summed E-state index contributed by atoms with van der Waals surface area (Å²) < 4.78 is 0. The maximum Gasteiger partial charge on any atom is 0.120 e. The van der Waals surface area contributed by atoms with Gasteiger partial charge in [0.15, 0.2) is 0 Å². The number of nitrogens with one attached hydrogen (secondary N) is 1. The van der Waals surface area contributed by atoms with Gasteiger partial charge in [-0.05, 0) is 38.2 Å². The zero-order chi connectivity index (χ0) is 13.0. The Balaban J connectivity index is 1.99. The summed E-state index contributed by atoms with van der Waals surface area (Å²) in [6.07, 6.45) is 4.64. The zero-order valence-corrected chi connectivity index (χ0v) is 11.0. The number of phenols is 1. The highest BCUT2D eigenvalue weighted by Crippen LogP contribution is 2.28. The summed E-state index contributed by atoms with van der Waals surface area (Å²) in [5.74, 6) is 0.368. The predicted octanol–water partition coefficient (Wildman–Crippen LogP) is 2.74. The van der Waals surface area contributed by atoms with Crippen LogP contribution in [0.4, 0.5) is 0 Å². The normalized spacial score (nSPS) is 25.9. The fourth-order valence-corrected chi connectivity index (χ4v) is 2.74. The molecule has 0 saturated heterocycles. The van der Waals surface area contributed by atoms with Crippen molar-refractivity contribution < 1.29 is 10.2 Å². The Labute approximate surface area is 109 Å². The molecular formula is C15H23NO2. The first-order valence-electron chi connectivity index (χ1n) is 6.92. The third-order valence-electron chi connectivity index (χ3n) is 3.85. The van der Waals surface area contributed by atoms with Crippen LogP contribution < -0.4 is 5.32 Å². The van der Waals surface area contributed by atoms with E-state index >= 15 is 0 Å². The summed E-state index contributed by atoms with van der Waals surface area (Å²) in [6.45, 7) is 2.13. The van der Waals surface area contributed by atoms with Crippen LogP contribution in [0.3, 0.4) is 0 Å². The van der Waals surface area contributed by atoms with E-state index < -0.39 is 0 Å². The number of aliphatic hydroxyl groups is 1. The Morgan fingerprint density at radius 2 is 1.89 bits per heavy atom. The average Bonchev–Trinajstić information content (AvgIpc) is 2.39. The highest BCUT2D eigenvalue weighted by atomic mass is 16.3. The van der Waals surface area contributed by atoms with Crippen LogP contribution in [-0.4, -0.2) is 22.4 Å². The lowest BCUT2D eigenvalue weighted by Crippen LogP contribution is -2.36. The predicted molar refractivity (Wildman–Crippen MR) is 72.5 cm³/mol. The SMILES string of the molecule is CC[C@@H](NC1CCC(O)CC1)c1ccccc1O. The molecular weight excluding hydrogens is 226 g/mol. The van der Waals surface area contributed by atoms with E-state index in [-0.39, 0.29) is 12.1 Å². The number of hydrogen-bond acceptors (Lipinski definition) is 3. The molecule has 2 rings (SSSR count). The van der Waals surface area contributed by atoms with Crippen molar-refractivity contribution in [1.82, 2.24) is 5.32 Å². The smallest absolute Gasteiger partial charge is 0.120 e. The zero-order valence-electron chi connectivity index (χ0n) is 11.0. The molecule has 0 spiro atoms. The van der Waals surface area contributed by atoms with Crippen LogP contribution in [0.5, 0.6) is 5.75 Å². The molecule has 1 aliphatic rings. The van der Waals surface area contributed by atoms with Crippen molar-refractivity contribution in [2.24, 2.45) is 0 Å². The van der Waals surface area contributed by atoms with Crippen molar-refractivity contribution in [3.05, 3.63) is 29.8 Å². The van der Waals surface area contributed by atoms with Crippen molar-refractivity contribution in [3.8, 4) is 5.75 Å². The second-order valence-electron chi connectivity index (χ2n) is 5.19. The topological polar surface area (TPSA) is 52.5 Å². The number of phenolic OH excluding ortho intramolecular Hbond substituents is 1. The number of benzene rings is 1. The Bertz CT molecular complexity index is 373. The van der Waals surface area contributed by atoms with Crippen LogP contribution in [0.1, 0.15) is 50.6 Å². The molecule has 3 N–H and O–H groups in total. The van der Waals surface area contributed by atoms with Gasteiger partial charge in [0.1, 0.15) is 5.75 Å². The summed E-state index contributed by atoms with van der Waals surface area (Å²) in [5.41, 5.74) is 0.978. The summed E-state index contributed by atoms with van der Waals surface area (Å²) in [6, 6.07) is 8.19. The lowest BCUT2D eigenvalue weighted by molar-refractivity contribution is 0.114. The van der Waals surface area contributed by atoms with E-state index in [9.17, 15) is 10.2 Å². The highest BCUT2D eigenvalue weighted by Gasteiger charge is 2.22. The molecule has 0 unspecified atom stereocenters. The molecule has 1 aromatic carbocycles. The lowest BCUT2D eigenvalue weighted by Gasteiger charge is -2.30. The molecule has 1 aliphatic carbocycles. The molecule has 0 heterocycles. The first-order chi connectivity index (χ1) is 8.70. The minimum atomic E-state index is -0.117. The van der Waals surface area contributed by atoms with Crippen molar-refractivity contribution in [1.29, 1.82) is 0 Å².